The molecular weight excluding hydrogens is 449 g/mol. The van der Waals surface area contributed by atoms with Gasteiger partial charge in [0, 0.05) is 11.6 Å². The number of rotatable bonds is 8. The Morgan fingerprint density at radius 2 is 1.77 bits per heavy atom. The lowest BCUT2D eigenvalue weighted by Crippen LogP contribution is -2.14. The molecule has 7 heteroatoms. The Bertz CT molecular complexity index is 779. The van der Waals surface area contributed by atoms with Crippen molar-refractivity contribution in [2.45, 2.75) is 13.3 Å². The van der Waals surface area contributed by atoms with Gasteiger partial charge in [0.25, 0.3) is 5.91 Å². The molecule has 0 aliphatic heterocycles. The largest absolute Gasteiger partial charge is 0.497 e. The molecule has 0 aromatic heterocycles. The minimum Gasteiger partial charge on any atom is -0.497 e. The van der Waals surface area contributed by atoms with E-state index in [9.17, 15) is 4.79 Å². The lowest BCUT2D eigenvalue weighted by Gasteiger charge is -2.15. The summed E-state index contributed by atoms with van der Waals surface area (Å²) in [6, 6.07) is 8.63. The van der Waals surface area contributed by atoms with Gasteiger partial charge in [0.05, 0.1) is 37.2 Å². The summed E-state index contributed by atoms with van der Waals surface area (Å²) >= 11 is 2.13. The summed E-state index contributed by atoms with van der Waals surface area (Å²) in [5, 5.41) is 2.85. The predicted molar refractivity (Wildman–Crippen MR) is 109 cm³/mol. The third-order valence-electron chi connectivity index (χ3n) is 3.60. The molecule has 0 aliphatic rings. The molecule has 140 valence electrons. The van der Waals surface area contributed by atoms with Crippen molar-refractivity contribution in [1.82, 2.24) is 0 Å². The molecular formula is C19H22INO5. The fourth-order valence-electron chi connectivity index (χ4n) is 2.30. The van der Waals surface area contributed by atoms with Crippen molar-refractivity contribution in [3.8, 4) is 23.0 Å². The number of hydrogen-bond donors (Lipinski definition) is 1. The fourth-order valence-corrected chi connectivity index (χ4v) is 3.06. The monoisotopic (exact) mass is 471 g/mol. The zero-order chi connectivity index (χ0) is 19.1. The van der Waals surface area contributed by atoms with Crippen LogP contribution in [0.25, 0.3) is 0 Å². The minimum atomic E-state index is -0.283. The zero-order valence-electron chi connectivity index (χ0n) is 15.2. The molecule has 1 amide bonds. The SMILES string of the molecule is CCCOc1c(I)cc(C(=O)Nc2cc(OC)ccc2OC)cc1OC. The zero-order valence-corrected chi connectivity index (χ0v) is 17.4. The average molecular weight is 471 g/mol. The first-order chi connectivity index (χ1) is 12.5. The van der Waals surface area contributed by atoms with Crippen LogP contribution >= 0.6 is 22.6 Å². The van der Waals surface area contributed by atoms with Crippen molar-refractivity contribution in [2.75, 3.05) is 33.3 Å². The lowest BCUT2D eigenvalue weighted by atomic mass is 10.1. The van der Waals surface area contributed by atoms with E-state index in [1.807, 2.05) is 6.92 Å². The molecule has 0 heterocycles. The minimum absolute atomic E-state index is 0.283. The van der Waals surface area contributed by atoms with E-state index in [0.29, 0.717) is 40.9 Å². The molecule has 0 aliphatic carbocycles. The van der Waals surface area contributed by atoms with Crippen molar-refractivity contribution in [3.63, 3.8) is 0 Å². The molecule has 0 atom stereocenters. The Hall–Kier alpha value is -2.16. The maximum atomic E-state index is 12.7. The van der Waals surface area contributed by atoms with Crippen LogP contribution in [0.2, 0.25) is 0 Å². The summed E-state index contributed by atoms with van der Waals surface area (Å²) in [4.78, 5) is 12.7. The number of anilines is 1. The topological polar surface area (TPSA) is 66.0 Å². The standard InChI is InChI=1S/C19H22INO5/c1-5-8-26-18-14(20)9-12(10-17(18)25-4)19(22)21-15-11-13(23-2)6-7-16(15)24-3/h6-7,9-11H,5,8H2,1-4H3,(H,21,22). The highest BCUT2D eigenvalue weighted by Gasteiger charge is 2.17. The third-order valence-corrected chi connectivity index (χ3v) is 4.40. The second kappa shape index (κ2) is 9.51. The van der Waals surface area contributed by atoms with Crippen LogP contribution in [0.4, 0.5) is 5.69 Å². The van der Waals surface area contributed by atoms with E-state index in [1.165, 1.54) is 0 Å². The third kappa shape index (κ3) is 4.72. The van der Waals surface area contributed by atoms with Crippen molar-refractivity contribution >= 4 is 34.2 Å². The van der Waals surface area contributed by atoms with Crippen LogP contribution in [0.5, 0.6) is 23.0 Å². The molecule has 26 heavy (non-hydrogen) atoms. The molecule has 2 rings (SSSR count). The highest BCUT2D eigenvalue weighted by molar-refractivity contribution is 14.1. The summed E-state index contributed by atoms with van der Waals surface area (Å²) in [5.74, 6) is 2.05. The molecule has 2 aromatic rings. The van der Waals surface area contributed by atoms with Gasteiger partial charge in [-0.25, -0.2) is 0 Å². The van der Waals surface area contributed by atoms with Gasteiger partial charge in [-0.2, -0.15) is 0 Å². The number of methoxy groups -OCH3 is 3. The van der Waals surface area contributed by atoms with Crippen LogP contribution in [-0.2, 0) is 0 Å². The lowest BCUT2D eigenvalue weighted by molar-refractivity contribution is 0.102. The summed E-state index contributed by atoms with van der Waals surface area (Å²) in [5.41, 5.74) is 0.983. The Kier molecular flexibility index (Phi) is 7.38. The summed E-state index contributed by atoms with van der Waals surface area (Å²) < 4.78 is 22.4. The van der Waals surface area contributed by atoms with Gasteiger partial charge in [0.2, 0.25) is 0 Å². The first-order valence-corrected chi connectivity index (χ1v) is 9.15. The van der Waals surface area contributed by atoms with E-state index in [4.69, 9.17) is 18.9 Å². The number of carbonyl (C=O) groups excluding carboxylic acids is 1. The molecule has 0 unspecified atom stereocenters. The second-order valence-corrected chi connectivity index (χ2v) is 6.52. The fraction of sp³-hybridized carbons (Fsp3) is 0.316. The molecule has 0 saturated heterocycles. The first kappa shape index (κ1) is 20.2. The molecule has 0 saturated carbocycles. The maximum Gasteiger partial charge on any atom is 0.255 e. The molecule has 1 N–H and O–H groups in total. The summed E-state index contributed by atoms with van der Waals surface area (Å²) in [7, 11) is 4.66. The second-order valence-electron chi connectivity index (χ2n) is 5.36. The van der Waals surface area contributed by atoms with Crippen LogP contribution in [-0.4, -0.2) is 33.8 Å². The van der Waals surface area contributed by atoms with E-state index < -0.39 is 0 Å². The summed E-state index contributed by atoms with van der Waals surface area (Å²) in [6.07, 6.45) is 0.886. The van der Waals surface area contributed by atoms with Gasteiger partial charge in [-0.1, -0.05) is 6.92 Å². The first-order valence-electron chi connectivity index (χ1n) is 8.07. The number of benzene rings is 2. The van der Waals surface area contributed by atoms with Crippen LogP contribution in [0.15, 0.2) is 30.3 Å². The Balaban J connectivity index is 2.31. The van der Waals surface area contributed by atoms with Crippen LogP contribution < -0.4 is 24.3 Å². The van der Waals surface area contributed by atoms with Crippen molar-refractivity contribution < 1.29 is 23.7 Å². The number of carbonyl (C=O) groups is 1. The van der Waals surface area contributed by atoms with Gasteiger partial charge >= 0.3 is 0 Å². The van der Waals surface area contributed by atoms with E-state index in [2.05, 4.69) is 27.9 Å². The van der Waals surface area contributed by atoms with Gasteiger partial charge < -0.3 is 24.3 Å². The van der Waals surface area contributed by atoms with Gasteiger partial charge in [-0.15, -0.1) is 0 Å². The van der Waals surface area contributed by atoms with Gasteiger partial charge in [0.1, 0.15) is 11.5 Å². The predicted octanol–water partition coefficient (Wildman–Crippen LogP) is 4.36. The van der Waals surface area contributed by atoms with Gasteiger partial charge in [-0.05, 0) is 53.3 Å². The van der Waals surface area contributed by atoms with Crippen LogP contribution in [0.3, 0.4) is 0 Å². The molecule has 0 spiro atoms. The number of hydrogen-bond acceptors (Lipinski definition) is 5. The smallest absolute Gasteiger partial charge is 0.255 e. The molecule has 0 bridgehead atoms. The average Bonchev–Trinajstić information content (AvgIpc) is 2.66. The van der Waals surface area contributed by atoms with Crippen molar-refractivity contribution in [1.29, 1.82) is 0 Å². The normalized spacial score (nSPS) is 10.2. The van der Waals surface area contributed by atoms with E-state index in [0.717, 1.165) is 9.99 Å². The van der Waals surface area contributed by atoms with Crippen molar-refractivity contribution in [2.24, 2.45) is 0 Å². The van der Waals surface area contributed by atoms with Crippen molar-refractivity contribution in [3.05, 3.63) is 39.5 Å². The molecule has 0 fully saturated rings. The number of amides is 1. The molecule has 2 aromatic carbocycles. The highest BCUT2D eigenvalue weighted by Crippen LogP contribution is 2.35. The van der Waals surface area contributed by atoms with E-state index in [1.54, 1.807) is 51.7 Å². The number of nitrogens with one attached hydrogen (secondary N) is 1. The molecule has 0 radical (unpaired) electrons. The van der Waals surface area contributed by atoms with E-state index >= 15 is 0 Å². The maximum absolute atomic E-state index is 12.7. The summed E-state index contributed by atoms with van der Waals surface area (Å²) in [6.45, 7) is 2.61. The van der Waals surface area contributed by atoms with Crippen LogP contribution in [0, 0.1) is 3.57 Å². The number of ether oxygens (including phenoxy) is 4. The van der Waals surface area contributed by atoms with Crippen LogP contribution in [0.1, 0.15) is 23.7 Å². The Labute approximate surface area is 166 Å². The van der Waals surface area contributed by atoms with Gasteiger partial charge in [0.15, 0.2) is 11.5 Å². The number of halogens is 1. The molecule has 6 nitrogen and oxygen atoms in total. The Morgan fingerprint density at radius 3 is 2.38 bits per heavy atom. The van der Waals surface area contributed by atoms with E-state index in [-0.39, 0.29) is 5.91 Å². The Morgan fingerprint density at radius 1 is 1.04 bits per heavy atom. The highest BCUT2D eigenvalue weighted by atomic mass is 127. The van der Waals surface area contributed by atoms with Gasteiger partial charge in [-0.3, -0.25) is 4.79 Å². The quantitative estimate of drug-likeness (QED) is 0.580.